The molecule has 0 aliphatic carbocycles. The Morgan fingerprint density at radius 3 is 2.48 bits per heavy atom. The third-order valence-electron chi connectivity index (χ3n) is 3.35. The highest BCUT2D eigenvalue weighted by atomic mass is 16.3. The number of phenols is 1. The van der Waals surface area contributed by atoms with Crippen LogP contribution in [-0.4, -0.2) is 26.3 Å². The van der Waals surface area contributed by atoms with E-state index in [2.05, 4.69) is 30.8 Å². The summed E-state index contributed by atoms with van der Waals surface area (Å²) in [5.41, 5.74) is 4.49. The Bertz CT molecular complexity index is 866. The van der Waals surface area contributed by atoms with Crippen LogP contribution in [0.1, 0.15) is 17.0 Å². The number of benzene rings is 2. The Hall–Kier alpha value is -3.48. The summed E-state index contributed by atoms with van der Waals surface area (Å²) >= 11 is 0. The minimum atomic E-state index is 0.157. The number of nitrogens with one attached hydrogen (secondary N) is 2. The van der Waals surface area contributed by atoms with Crippen molar-refractivity contribution in [2.24, 2.45) is 5.10 Å². The lowest BCUT2D eigenvalue weighted by molar-refractivity contribution is 0.474. The summed E-state index contributed by atoms with van der Waals surface area (Å²) in [6, 6.07) is 16.9. The van der Waals surface area contributed by atoms with Gasteiger partial charge >= 0.3 is 0 Å². The van der Waals surface area contributed by atoms with Gasteiger partial charge in [0.15, 0.2) is 0 Å². The lowest BCUT2D eigenvalue weighted by Crippen LogP contribution is -2.08. The summed E-state index contributed by atoms with van der Waals surface area (Å²) in [5, 5.41) is 16.9. The number of rotatable bonds is 6. The number of hydrazone groups is 1. The molecule has 25 heavy (non-hydrogen) atoms. The van der Waals surface area contributed by atoms with Crippen molar-refractivity contribution in [1.29, 1.82) is 0 Å². The second-order valence-electron chi connectivity index (χ2n) is 5.30. The average molecular weight is 334 g/mol. The zero-order chi connectivity index (χ0) is 17.5. The number of anilines is 2. The maximum atomic E-state index is 9.70. The van der Waals surface area contributed by atoms with Crippen molar-refractivity contribution in [1.82, 2.24) is 15.0 Å². The molecule has 1 heterocycles. The number of hydrogen-bond acceptors (Lipinski definition) is 7. The standard InChI is InChI=1S/C18H18N6O/c1-13-21-17(19-11-14-7-3-2-4-8-14)23-18(22-13)24-20-12-15-9-5-6-10-16(15)25/h2-10,12,25H,11H2,1H3,(H2,19,21,22,23,24)/b20-12+. The first-order valence-electron chi connectivity index (χ1n) is 7.78. The molecular formula is C18H18N6O. The van der Waals surface area contributed by atoms with Gasteiger partial charge < -0.3 is 10.4 Å². The first-order chi connectivity index (χ1) is 12.2. The van der Waals surface area contributed by atoms with E-state index in [1.165, 1.54) is 6.21 Å². The maximum absolute atomic E-state index is 9.70. The molecule has 3 N–H and O–H groups in total. The number of aromatic hydroxyl groups is 1. The molecule has 1 aromatic heterocycles. The van der Waals surface area contributed by atoms with Gasteiger partial charge in [0.2, 0.25) is 11.9 Å². The van der Waals surface area contributed by atoms with Crippen LogP contribution < -0.4 is 10.7 Å². The molecule has 0 saturated heterocycles. The molecule has 126 valence electrons. The van der Waals surface area contributed by atoms with E-state index in [4.69, 9.17) is 0 Å². The van der Waals surface area contributed by atoms with Crippen LogP contribution >= 0.6 is 0 Å². The summed E-state index contributed by atoms with van der Waals surface area (Å²) in [6.07, 6.45) is 1.51. The fourth-order valence-corrected chi connectivity index (χ4v) is 2.14. The van der Waals surface area contributed by atoms with Crippen LogP contribution in [0, 0.1) is 6.92 Å². The van der Waals surface area contributed by atoms with E-state index >= 15 is 0 Å². The van der Waals surface area contributed by atoms with Crippen molar-refractivity contribution in [3.8, 4) is 5.75 Å². The van der Waals surface area contributed by atoms with Crippen molar-refractivity contribution in [3.63, 3.8) is 0 Å². The largest absolute Gasteiger partial charge is 0.507 e. The van der Waals surface area contributed by atoms with Gasteiger partial charge in [-0.3, -0.25) is 0 Å². The molecule has 3 rings (SSSR count). The van der Waals surface area contributed by atoms with E-state index in [0.29, 0.717) is 29.8 Å². The molecule has 2 aromatic carbocycles. The molecule has 0 spiro atoms. The van der Waals surface area contributed by atoms with Crippen LogP contribution in [0.4, 0.5) is 11.9 Å². The fraction of sp³-hybridized carbons (Fsp3) is 0.111. The van der Waals surface area contributed by atoms with E-state index in [0.717, 1.165) is 5.56 Å². The van der Waals surface area contributed by atoms with Crippen LogP contribution in [0.3, 0.4) is 0 Å². The van der Waals surface area contributed by atoms with E-state index in [1.54, 1.807) is 25.1 Å². The molecule has 0 saturated carbocycles. The number of para-hydroxylation sites is 1. The van der Waals surface area contributed by atoms with E-state index < -0.39 is 0 Å². The van der Waals surface area contributed by atoms with Gasteiger partial charge in [-0.15, -0.1) is 0 Å². The van der Waals surface area contributed by atoms with Crippen molar-refractivity contribution in [3.05, 3.63) is 71.5 Å². The maximum Gasteiger partial charge on any atom is 0.248 e. The van der Waals surface area contributed by atoms with Crippen LogP contribution in [0.2, 0.25) is 0 Å². The Labute approximate surface area is 145 Å². The van der Waals surface area contributed by atoms with Gasteiger partial charge in [-0.1, -0.05) is 42.5 Å². The predicted molar refractivity (Wildman–Crippen MR) is 97.7 cm³/mol. The van der Waals surface area contributed by atoms with Crippen molar-refractivity contribution < 1.29 is 5.11 Å². The average Bonchev–Trinajstić information content (AvgIpc) is 2.62. The molecule has 0 unspecified atom stereocenters. The predicted octanol–water partition coefficient (Wildman–Crippen LogP) is 2.94. The van der Waals surface area contributed by atoms with Gasteiger partial charge in [-0.05, 0) is 24.6 Å². The van der Waals surface area contributed by atoms with Gasteiger partial charge in [-0.2, -0.15) is 20.1 Å². The van der Waals surface area contributed by atoms with E-state index in [-0.39, 0.29) is 5.75 Å². The molecule has 0 bridgehead atoms. The van der Waals surface area contributed by atoms with Crippen molar-refractivity contribution in [2.45, 2.75) is 13.5 Å². The highest BCUT2D eigenvalue weighted by Gasteiger charge is 2.03. The second-order valence-corrected chi connectivity index (χ2v) is 5.30. The van der Waals surface area contributed by atoms with Gasteiger partial charge in [-0.25, -0.2) is 5.43 Å². The summed E-state index contributed by atoms with van der Waals surface area (Å²) in [4.78, 5) is 12.7. The highest BCUT2D eigenvalue weighted by Crippen LogP contribution is 2.13. The topological polar surface area (TPSA) is 95.3 Å². The Morgan fingerprint density at radius 1 is 0.960 bits per heavy atom. The molecule has 0 amide bonds. The minimum Gasteiger partial charge on any atom is -0.507 e. The van der Waals surface area contributed by atoms with E-state index in [1.807, 2.05) is 36.4 Å². The number of nitrogens with zero attached hydrogens (tertiary/aromatic N) is 4. The number of aryl methyl sites for hydroxylation is 1. The smallest absolute Gasteiger partial charge is 0.248 e. The van der Waals surface area contributed by atoms with Gasteiger partial charge in [0.1, 0.15) is 11.6 Å². The lowest BCUT2D eigenvalue weighted by atomic mass is 10.2. The third-order valence-corrected chi connectivity index (χ3v) is 3.35. The normalized spacial score (nSPS) is 10.8. The van der Waals surface area contributed by atoms with Crippen LogP contribution in [0.15, 0.2) is 59.7 Å². The Balaban J connectivity index is 1.66. The second kappa shape index (κ2) is 7.87. The Morgan fingerprint density at radius 2 is 1.68 bits per heavy atom. The molecule has 7 heteroatoms. The van der Waals surface area contributed by atoms with Gasteiger partial charge in [0.05, 0.1) is 6.21 Å². The minimum absolute atomic E-state index is 0.157. The number of hydrogen-bond donors (Lipinski definition) is 3. The summed E-state index contributed by atoms with van der Waals surface area (Å²) in [6.45, 7) is 2.40. The lowest BCUT2D eigenvalue weighted by Gasteiger charge is -2.07. The molecule has 0 aliphatic rings. The molecular weight excluding hydrogens is 316 g/mol. The molecule has 3 aromatic rings. The highest BCUT2D eigenvalue weighted by molar-refractivity contribution is 5.83. The van der Waals surface area contributed by atoms with Crippen LogP contribution in [0.5, 0.6) is 5.75 Å². The third kappa shape index (κ3) is 4.74. The zero-order valence-electron chi connectivity index (χ0n) is 13.7. The van der Waals surface area contributed by atoms with Crippen LogP contribution in [0.25, 0.3) is 0 Å². The number of phenolic OH excluding ortho intramolecular Hbond substituents is 1. The monoisotopic (exact) mass is 334 g/mol. The summed E-state index contributed by atoms with van der Waals surface area (Å²) < 4.78 is 0. The molecule has 0 radical (unpaired) electrons. The van der Waals surface area contributed by atoms with E-state index in [9.17, 15) is 5.11 Å². The molecule has 0 fully saturated rings. The fourth-order valence-electron chi connectivity index (χ4n) is 2.14. The summed E-state index contributed by atoms with van der Waals surface area (Å²) in [7, 11) is 0. The van der Waals surface area contributed by atoms with Gasteiger partial charge in [0, 0.05) is 12.1 Å². The van der Waals surface area contributed by atoms with Crippen LogP contribution in [-0.2, 0) is 6.54 Å². The molecule has 0 aliphatic heterocycles. The molecule has 7 nitrogen and oxygen atoms in total. The summed E-state index contributed by atoms with van der Waals surface area (Å²) in [5.74, 6) is 1.53. The quantitative estimate of drug-likeness (QED) is 0.474. The number of aromatic nitrogens is 3. The van der Waals surface area contributed by atoms with Crippen molar-refractivity contribution in [2.75, 3.05) is 10.7 Å². The first-order valence-corrected chi connectivity index (χ1v) is 7.78. The first kappa shape index (κ1) is 16.4. The zero-order valence-corrected chi connectivity index (χ0v) is 13.7. The SMILES string of the molecule is Cc1nc(NCc2ccccc2)nc(N/N=C/c2ccccc2O)n1. The molecule has 0 atom stereocenters. The Kier molecular flexibility index (Phi) is 5.16. The van der Waals surface area contributed by atoms with Gasteiger partial charge in [0.25, 0.3) is 0 Å². The van der Waals surface area contributed by atoms with Crippen molar-refractivity contribution >= 4 is 18.1 Å².